The minimum atomic E-state index is 0.603. The third-order valence-corrected chi connectivity index (χ3v) is 3.59. The van der Waals surface area contributed by atoms with Gasteiger partial charge in [0.25, 0.3) is 0 Å². The summed E-state index contributed by atoms with van der Waals surface area (Å²) in [6.07, 6.45) is 8.63. The molecule has 0 unspecified atom stereocenters. The van der Waals surface area contributed by atoms with E-state index in [4.69, 9.17) is 0 Å². The molecule has 4 rings (SSSR count). The maximum Gasteiger partial charge on any atom is 0.163 e. The van der Waals surface area contributed by atoms with E-state index in [9.17, 15) is 0 Å². The lowest BCUT2D eigenvalue weighted by Gasteiger charge is -2.07. The average Bonchev–Trinajstić information content (AvgIpc) is 2.69. The van der Waals surface area contributed by atoms with Crippen molar-refractivity contribution >= 4 is 22.9 Å². The molecule has 0 aliphatic carbocycles. The Morgan fingerprint density at radius 3 is 2.48 bits per heavy atom. The van der Waals surface area contributed by atoms with E-state index < -0.39 is 0 Å². The van der Waals surface area contributed by atoms with Crippen molar-refractivity contribution in [2.45, 2.75) is 0 Å². The molecule has 6 nitrogen and oxygen atoms in total. The Morgan fingerprint density at radius 2 is 1.68 bits per heavy atom. The van der Waals surface area contributed by atoms with Crippen LogP contribution in [0, 0.1) is 0 Å². The van der Waals surface area contributed by atoms with Crippen LogP contribution in [-0.4, -0.2) is 26.2 Å². The molecule has 25 heavy (non-hydrogen) atoms. The number of aromatic nitrogens is 4. The van der Waals surface area contributed by atoms with Gasteiger partial charge in [-0.25, -0.2) is 9.97 Å². The molecule has 1 N–H and O–H groups in total. The Balaban J connectivity index is 1.73. The summed E-state index contributed by atoms with van der Waals surface area (Å²) in [5.74, 6) is 1.25. The second-order valence-electron chi connectivity index (χ2n) is 5.31. The molecule has 3 aromatic heterocycles. The number of anilines is 1. The molecule has 120 valence electrons. The molecule has 0 saturated heterocycles. The summed E-state index contributed by atoms with van der Waals surface area (Å²) in [5, 5.41) is 5.18. The highest BCUT2D eigenvalue weighted by Gasteiger charge is 2.08. The van der Waals surface area contributed by atoms with Crippen LogP contribution in [0.3, 0.4) is 0 Å². The van der Waals surface area contributed by atoms with Crippen molar-refractivity contribution in [1.82, 2.24) is 19.9 Å². The molecule has 0 fully saturated rings. The highest BCUT2D eigenvalue weighted by Crippen LogP contribution is 2.24. The van der Waals surface area contributed by atoms with Gasteiger partial charge in [-0.2, -0.15) is 5.10 Å². The van der Waals surface area contributed by atoms with Gasteiger partial charge in [-0.1, -0.05) is 18.2 Å². The maximum absolute atomic E-state index is 4.62. The Morgan fingerprint density at radius 1 is 0.840 bits per heavy atom. The zero-order chi connectivity index (χ0) is 16.9. The maximum atomic E-state index is 4.62. The summed E-state index contributed by atoms with van der Waals surface area (Å²) >= 11 is 0. The normalized spacial score (nSPS) is 11.0. The van der Waals surface area contributed by atoms with E-state index in [2.05, 4.69) is 30.5 Å². The molecule has 3 heterocycles. The third kappa shape index (κ3) is 3.32. The van der Waals surface area contributed by atoms with E-state index in [1.807, 2.05) is 48.5 Å². The zero-order valence-electron chi connectivity index (χ0n) is 13.2. The number of hydrazone groups is 1. The van der Waals surface area contributed by atoms with Gasteiger partial charge >= 0.3 is 0 Å². The molecule has 0 amide bonds. The van der Waals surface area contributed by atoms with Gasteiger partial charge in [-0.05, 0) is 30.3 Å². The van der Waals surface area contributed by atoms with Crippen LogP contribution in [0.4, 0.5) is 5.82 Å². The molecular weight excluding hydrogens is 312 g/mol. The summed E-state index contributed by atoms with van der Waals surface area (Å²) in [5.41, 5.74) is 5.62. The first kappa shape index (κ1) is 14.9. The molecule has 0 spiro atoms. The first-order valence-corrected chi connectivity index (χ1v) is 7.76. The predicted octanol–water partition coefficient (Wildman–Crippen LogP) is 3.53. The van der Waals surface area contributed by atoms with E-state index in [-0.39, 0.29) is 0 Å². The minimum absolute atomic E-state index is 0.603. The quantitative estimate of drug-likeness (QED) is 0.458. The summed E-state index contributed by atoms with van der Waals surface area (Å²) < 4.78 is 0. The molecule has 1 aromatic carbocycles. The van der Waals surface area contributed by atoms with E-state index >= 15 is 0 Å². The molecular formula is C19H14N6. The molecule has 0 saturated carbocycles. The van der Waals surface area contributed by atoms with Crippen LogP contribution in [0.25, 0.3) is 22.3 Å². The van der Waals surface area contributed by atoms with Crippen molar-refractivity contribution in [3.63, 3.8) is 0 Å². The van der Waals surface area contributed by atoms with E-state index in [0.717, 1.165) is 22.0 Å². The summed E-state index contributed by atoms with van der Waals surface area (Å²) in [6.45, 7) is 0. The van der Waals surface area contributed by atoms with Crippen molar-refractivity contribution in [2.24, 2.45) is 5.10 Å². The molecule has 0 aliphatic heterocycles. The fraction of sp³-hybridized carbons (Fsp3) is 0. The van der Waals surface area contributed by atoms with E-state index in [1.54, 1.807) is 31.0 Å². The second kappa shape index (κ2) is 6.84. The Bertz CT molecular complexity index is 1020. The Labute approximate surface area is 144 Å². The van der Waals surface area contributed by atoms with Crippen LogP contribution in [-0.2, 0) is 0 Å². The summed E-state index contributed by atoms with van der Waals surface area (Å²) in [4.78, 5) is 17.4. The zero-order valence-corrected chi connectivity index (χ0v) is 13.2. The van der Waals surface area contributed by atoms with Gasteiger partial charge in [0.05, 0.1) is 11.7 Å². The number of benzene rings is 1. The molecule has 0 atom stereocenters. The second-order valence-corrected chi connectivity index (χ2v) is 5.31. The fourth-order valence-electron chi connectivity index (χ4n) is 2.41. The van der Waals surface area contributed by atoms with Gasteiger partial charge in [0.1, 0.15) is 0 Å². The highest BCUT2D eigenvalue weighted by atomic mass is 15.3. The molecule has 0 bridgehead atoms. The Kier molecular flexibility index (Phi) is 4.07. The average molecular weight is 326 g/mol. The van der Waals surface area contributed by atoms with Crippen molar-refractivity contribution in [3.8, 4) is 11.4 Å². The monoisotopic (exact) mass is 326 g/mol. The number of para-hydroxylation sites is 1. The number of hydrogen-bond donors (Lipinski definition) is 1. The predicted molar refractivity (Wildman–Crippen MR) is 98.2 cm³/mol. The van der Waals surface area contributed by atoms with Crippen LogP contribution in [0.5, 0.6) is 0 Å². The van der Waals surface area contributed by atoms with E-state index in [0.29, 0.717) is 11.6 Å². The molecule has 0 radical (unpaired) electrons. The van der Waals surface area contributed by atoms with Gasteiger partial charge in [0, 0.05) is 41.3 Å². The third-order valence-electron chi connectivity index (χ3n) is 3.59. The highest BCUT2D eigenvalue weighted by molar-refractivity contribution is 5.91. The lowest BCUT2D eigenvalue weighted by atomic mass is 10.2. The lowest BCUT2D eigenvalue weighted by Crippen LogP contribution is -1.99. The Hall–Kier alpha value is -3.67. The standard InChI is InChI=1S/C19H14N6/c1-2-8-17-16(7-1)19(25-22-12-14-5-3-9-20-11-14)24-18(23-17)15-6-4-10-21-13-15/h1-13H,(H,23,24,25). The number of rotatable bonds is 4. The van der Waals surface area contributed by atoms with Crippen molar-refractivity contribution in [1.29, 1.82) is 0 Å². The lowest BCUT2D eigenvalue weighted by molar-refractivity contribution is 1.18. The smallest absolute Gasteiger partial charge is 0.163 e. The first-order valence-electron chi connectivity index (χ1n) is 7.76. The number of pyridine rings is 2. The largest absolute Gasteiger partial charge is 0.264 e. The SMILES string of the molecule is C(=NNc1nc(-c2cccnc2)nc2ccccc12)c1cccnc1. The van der Waals surface area contributed by atoms with Gasteiger partial charge in [0.2, 0.25) is 0 Å². The number of fused-ring (bicyclic) bond motifs is 1. The minimum Gasteiger partial charge on any atom is -0.264 e. The van der Waals surface area contributed by atoms with Gasteiger partial charge in [0.15, 0.2) is 11.6 Å². The number of nitrogens with one attached hydrogen (secondary N) is 1. The summed E-state index contributed by atoms with van der Waals surface area (Å²) in [6, 6.07) is 15.4. The van der Waals surface area contributed by atoms with E-state index in [1.165, 1.54) is 0 Å². The van der Waals surface area contributed by atoms with Gasteiger partial charge in [-0.3, -0.25) is 15.4 Å². The van der Waals surface area contributed by atoms with Gasteiger partial charge < -0.3 is 0 Å². The molecule has 0 aliphatic rings. The molecule has 4 aromatic rings. The number of hydrogen-bond acceptors (Lipinski definition) is 6. The molecule has 6 heteroatoms. The fourth-order valence-corrected chi connectivity index (χ4v) is 2.41. The van der Waals surface area contributed by atoms with Crippen molar-refractivity contribution in [2.75, 3.05) is 5.43 Å². The van der Waals surface area contributed by atoms with Crippen LogP contribution in [0.15, 0.2) is 78.4 Å². The van der Waals surface area contributed by atoms with Crippen LogP contribution >= 0.6 is 0 Å². The van der Waals surface area contributed by atoms with Crippen LogP contribution in [0.2, 0.25) is 0 Å². The summed E-state index contributed by atoms with van der Waals surface area (Å²) in [7, 11) is 0. The van der Waals surface area contributed by atoms with Gasteiger partial charge in [-0.15, -0.1) is 0 Å². The van der Waals surface area contributed by atoms with Crippen LogP contribution in [0.1, 0.15) is 5.56 Å². The number of nitrogens with zero attached hydrogens (tertiary/aromatic N) is 5. The van der Waals surface area contributed by atoms with Crippen molar-refractivity contribution < 1.29 is 0 Å². The topological polar surface area (TPSA) is 76.0 Å². The first-order chi connectivity index (χ1) is 12.4. The van der Waals surface area contributed by atoms with Crippen molar-refractivity contribution in [3.05, 3.63) is 78.9 Å². The van der Waals surface area contributed by atoms with Crippen LogP contribution < -0.4 is 5.43 Å².